The average molecular weight is 459 g/mol. The summed E-state index contributed by atoms with van der Waals surface area (Å²) < 4.78 is 5.88. The molecule has 0 bridgehead atoms. The van der Waals surface area contributed by atoms with Crippen LogP contribution in [0.25, 0.3) is 11.1 Å². The molecule has 0 radical (unpaired) electrons. The van der Waals surface area contributed by atoms with Crippen molar-refractivity contribution >= 4 is 17.7 Å². The first kappa shape index (κ1) is 23.2. The second-order valence-electron chi connectivity index (χ2n) is 8.35. The van der Waals surface area contributed by atoms with Gasteiger partial charge in [0, 0.05) is 5.75 Å². The number of hydrogen-bond donors (Lipinski definition) is 1. The molecule has 2 unspecified atom stereocenters. The summed E-state index contributed by atoms with van der Waals surface area (Å²) in [4.78, 5) is 13.1. The summed E-state index contributed by atoms with van der Waals surface area (Å²) in [6.07, 6.45) is 3.17. The Morgan fingerprint density at radius 1 is 0.879 bits per heavy atom. The van der Waals surface area contributed by atoms with E-state index in [0.29, 0.717) is 10.7 Å². The van der Waals surface area contributed by atoms with Gasteiger partial charge in [0.15, 0.2) is 0 Å². The van der Waals surface area contributed by atoms with Gasteiger partial charge in [-0.15, -0.1) is 11.8 Å². The maximum absolute atomic E-state index is 12.8. The van der Waals surface area contributed by atoms with Gasteiger partial charge in [-0.1, -0.05) is 105 Å². The topological polar surface area (TPSA) is 46.5 Å². The van der Waals surface area contributed by atoms with Crippen LogP contribution in [0.2, 0.25) is 0 Å². The van der Waals surface area contributed by atoms with E-state index in [1.54, 1.807) is 0 Å². The number of aryl methyl sites for hydroxylation is 1. The normalized spacial score (nSPS) is 18.3. The fourth-order valence-corrected chi connectivity index (χ4v) is 5.23. The van der Waals surface area contributed by atoms with Gasteiger partial charge in [0.1, 0.15) is 16.8 Å². The van der Waals surface area contributed by atoms with Gasteiger partial charge in [0.05, 0.1) is 5.92 Å². The summed E-state index contributed by atoms with van der Waals surface area (Å²) in [6.45, 7) is 2.12. The van der Waals surface area contributed by atoms with Crippen LogP contribution < -0.4 is 0 Å². The van der Waals surface area contributed by atoms with E-state index >= 15 is 0 Å². The smallest absolute Gasteiger partial charge is 0.348 e. The molecule has 3 nitrogen and oxygen atoms in total. The lowest BCUT2D eigenvalue weighted by Crippen LogP contribution is -2.33. The Balaban J connectivity index is 1.58. The molecule has 0 fully saturated rings. The predicted octanol–water partition coefficient (Wildman–Crippen LogP) is 7.30. The van der Waals surface area contributed by atoms with E-state index in [-0.39, 0.29) is 17.8 Å². The standard InChI is InChI=1S/C29H30O3S/c1-2-3-14-25-26(24-17-15-23(16-18-24)22-12-8-5-9-13-22)27(30)28(29(31)32-25)33-20-19-21-10-6-4-7-11-21/h4-13,15-18,25-26,30H,2-3,14,19-20H2,1H3. The predicted molar refractivity (Wildman–Crippen MR) is 136 cm³/mol. The van der Waals surface area contributed by atoms with Crippen LogP contribution in [-0.2, 0) is 16.0 Å². The molecule has 1 aliphatic rings. The monoisotopic (exact) mass is 458 g/mol. The highest BCUT2D eigenvalue weighted by atomic mass is 32.2. The molecule has 4 heteroatoms. The third-order valence-corrected chi connectivity index (χ3v) is 7.11. The number of aliphatic hydroxyl groups excluding tert-OH is 1. The van der Waals surface area contributed by atoms with Crippen molar-refractivity contribution in [3.05, 3.63) is 107 Å². The van der Waals surface area contributed by atoms with Gasteiger partial charge in [0.25, 0.3) is 0 Å². The van der Waals surface area contributed by atoms with Crippen molar-refractivity contribution in [2.75, 3.05) is 5.75 Å². The third-order valence-electron chi connectivity index (χ3n) is 6.04. The lowest BCUT2D eigenvalue weighted by Gasteiger charge is -2.32. The molecule has 0 spiro atoms. The first-order valence-electron chi connectivity index (χ1n) is 11.6. The van der Waals surface area contributed by atoms with Crippen LogP contribution in [0.15, 0.2) is 95.6 Å². The number of rotatable bonds is 9. The number of carbonyl (C=O) groups excluding carboxylic acids is 1. The molecule has 0 aromatic heterocycles. The molecular formula is C29H30O3S. The number of aliphatic hydroxyl groups is 1. The molecule has 0 aliphatic carbocycles. The summed E-state index contributed by atoms with van der Waals surface area (Å²) in [5.74, 6) is 0.123. The highest BCUT2D eigenvalue weighted by Crippen LogP contribution is 2.41. The van der Waals surface area contributed by atoms with Gasteiger partial charge in [-0.05, 0) is 35.1 Å². The summed E-state index contributed by atoms with van der Waals surface area (Å²) in [5, 5.41) is 11.3. The Hall–Kier alpha value is -2.98. The second kappa shape index (κ2) is 11.2. The highest BCUT2D eigenvalue weighted by Gasteiger charge is 2.38. The SMILES string of the molecule is CCCCC1OC(=O)C(SCCc2ccccc2)=C(O)C1c1ccc(-c2ccccc2)cc1. The van der Waals surface area contributed by atoms with E-state index < -0.39 is 5.97 Å². The first-order chi connectivity index (χ1) is 16.2. The Labute approximate surface area is 200 Å². The molecule has 1 N–H and O–H groups in total. The van der Waals surface area contributed by atoms with Crippen molar-refractivity contribution in [1.29, 1.82) is 0 Å². The molecule has 0 amide bonds. The van der Waals surface area contributed by atoms with Crippen LogP contribution in [0.1, 0.15) is 43.2 Å². The molecule has 1 heterocycles. The maximum Gasteiger partial charge on any atom is 0.348 e. The number of hydrogen-bond acceptors (Lipinski definition) is 4. The summed E-state index contributed by atoms with van der Waals surface area (Å²) in [6, 6.07) is 28.6. The number of esters is 1. The summed E-state index contributed by atoms with van der Waals surface area (Å²) in [5.41, 5.74) is 4.46. The molecule has 1 aliphatic heterocycles. The third kappa shape index (κ3) is 5.69. The van der Waals surface area contributed by atoms with E-state index in [4.69, 9.17) is 4.74 Å². The largest absolute Gasteiger partial charge is 0.510 e. The van der Waals surface area contributed by atoms with E-state index in [1.807, 2.05) is 48.5 Å². The highest BCUT2D eigenvalue weighted by molar-refractivity contribution is 8.04. The molecule has 0 saturated heterocycles. The zero-order chi connectivity index (χ0) is 23.0. The van der Waals surface area contributed by atoms with E-state index in [9.17, 15) is 9.90 Å². The molecular weight excluding hydrogens is 428 g/mol. The second-order valence-corrected chi connectivity index (χ2v) is 9.46. The van der Waals surface area contributed by atoms with Gasteiger partial charge >= 0.3 is 5.97 Å². The number of ether oxygens (including phenoxy) is 1. The molecule has 3 aromatic rings. The molecule has 4 rings (SSSR count). The van der Waals surface area contributed by atoms with Gasteiger partial charge < -0.3 is 9.84 Å². The summed E-state index contributed by atoms with van der Waals surface area (Å²) >= 11 is 1.39. The first-order valence-corrected chi connectivity index (χ1v) is 12.6. The van der Waals surface area contributed by atoms with E-state index in [0.717, 1.165) is 42.4 Å². The quantitative estimate of drug-likeness (QED) is 0.342. The minimum absolute atomic E-state index is 0.151. The van der Waals surface area contributed by atoms with Crippen LogP contribution in [-0.4, -0.2) is 22.9 Å². The van der Waals surface area contributed by atoms with Crippen LogP contribution in [0.4, 0.5) is 0 Å². The van der Waals surface area contributed by atoms with Gasteiger partial charge in [0.2, 0.25) is 0 Å². The van der Waals surface area contributed by atoms with Gasteiger partial charge in [-0.25, -0.2) is 4.79 Å². The van der Waals surface area contributed by atoms with Crippen molar-refractivity contribution in [1.82, 2.24) is 0 Å². The minimum Gasteiger partial charge on any atom is -0.510 e. The zero-order valence-corrected chi connectivity index (χ0v) is 19.8. The van der Waals surface area contributed by atoms with Crippen LogP contribution in [0.3, 0.4) is 0 Å². The Kier molecular flexibility index (Phi) is 7.90. The number of unbranched alkanes of at least 4 members (excludes halogenated alkanes) is 1. The average Bonchev–Trinajstić information content (AvgIpc) is 2.86. The minimum atomic E-state index is -0.399. The van der Waals surface area contributed by atoms with Gasteiger partial charge in [-0.3, -0.25) is 0 Å². The van der Waals surface area contributed by atoms with E-state index in [1.165, 1.54) is 17.3 Å². The van der Waals surface area contributed by atoms with Crippen molar-refractivity contribution < 1.29 is 14.6 Å². The molecule has 2 atom stereocenters. The summed E-state index contributed by atoms with van der Waals surface area (Å²) in [7, 11) is 0. The fourth-order valence-electron chi connectivity index (χ4n) is 4.25. The number of carbonyl (C=O) groups is 1. The van der Waals surface area contributed by atoms with Crippen molar-refractivity contribution in [2.45, 2.75) is 44.6 Å². The molecule has 170 valence electrons. The molecule has 0 saturated carbocycles. The number of cyclic esters (lactones) is 1. The van der Waals surface area contributed by atoms with Crippen LogP contribution >= 0.6 is 11.8 Å². The van der Waals surface area contributed by atoms with E-state index in [2.05, 4.69) is 43.3 Å². The van der Waals surface area contributed by atoms with Crippen molar-refractivity contribution in [3.63, 3.8) is 0 Å². The van der Waals surface area contributed by atoms with Gasteiger partial charge in [-0.2, -0.15) is 0 Å². The Bertz CT molecular complexity index is 1070. The van der Waals surface area contributed by atoms with Crippen LogP contribution in [0.5, 0.6) is 0 Å². The van der Waals surface area contributed by atoms with Crippen LogP contribution in [0, 0.1) is 0 Å². The Morgan fingerprint density at radius 3 is 2.18 bits per heavy atom. The Morgan fingerprint density at radius 2 is 1.52 bits per heavy atom. The number of benzene rings is 3. The number of thioether (sulfide) groups is 1. The molecule has 33 heavy (non-hydrogen) atoms. The lowest BCUT2D eigenvalue weighted by atomic mass is 9.86. The lowest BCUT2D eigenvalue weighted by molar-refractivity contribution is -0.147. The van der Waals surface area contributed by atoms with Crippen molar-refractivity contribution in [3.8, 4) is 11.1 Å². The van der Waals surface area contributed by atoms with Crippen molar-refractivity contribution in [2.24, 2.45) is 0 Å². The maximum atomic E-state index is 12.8. The zero-order valence-electron chi connectivity index (χ0n) is 18.9. The molecule has 3 aromatic carbocycles. The fraction of sp³-hybridized carbons (Fsp3) is 0.276.